The lowest BCUT2D eigenvalue weighted by atomic mass is 9.67. The number of guanidine groups is 1. The molecule has 3 rings (SSSR count). The van der Waals surface area contributed by atoms with Crippen molar-refractivity contribution in [1.29, 1.82) is 0 Å². The van der Waals surface area contributed by atoms with Crippen LogP contribution >= 0.6 is 0 Å². The molecular formula is C21H32N4O2. The molecule has 2 aliphatic carbocycles. The zero-order valence-electron chi connectivity index (χ0n) is 16.5. The smallest absolute Gasteiger partial charge is 0.258 e. The van der Waals surface area contributed by atoms with Gasteiger partial charge >= 0.3 is 0 Å². The fourth-order valence-electron chi connectivity index (χ4n) is 3.40. The predicted molar refractivity (Wildman–Crippen MR) is 108 cm³/mol. The Bertz CT molecular complexity index is 660. The van der Waals surface area contributed by atoms with E-state index in [-0.39, 0.29) is 12.5 Å². The third kappa shape index (κ3) is 5.88. The highest BCUT2D eigenvalue weighted by Crippen LogP contribution is 2.42. The van der Waals surface area contributed by atoms with Crippen LogP contribution in [0.2, 0.25) is 0 Å². The van der Waals surface area contributed by atoms with Crippen LogP contribution in [0.3, 0.4) is 0 Å². The zero-order chi connectivity index (χ0) is 19.1. The molecule has 2 saturated carbocycles. The van der Waals surface area contributed by atoms with Crippen LogP contribution in [-0.2, 0) is 11.3 Å². The van der Waals surface area contributed by atoms with Crippen LogP contribution < -0.4 is 20.7 Å². The molecule has 1 aromatic carbocycles. The summed E-state index contributed by atoms with van der Waals surface area (Å²) in [6, 6.07) is 8.19. The molecule has 0 bridgehead atoms. The first kappa shape index (κ1) is 19.5. The highest BCUT2D eigenvalue weighted by atomic mass is 16.5. The maximum absolute atomic E-state index is 11.7. The van der Waals surface area contributed by atoms with Gasteiger partial charge in [0, 0.05) is 26.2 Å². The Labute approximate surface area is 162 Å². The molecule has 1 amide bonds. The molecular weight excluding hydrogens is 340 g/mol. The number of aliphatic imine (C=N–C) groups is 1. The number of nitrogens with zero attached hydrogens (tertiary/aromatic N) is 1. The number of rotatable bonds is 9. The minimum Gasteiger partial charge on any atom is -0.484 e. The van der Waals surface area contributed by atoms with E-state index in [9.17, 15) is 4.79 Å². The van der Waals surface area contributed by atoms with E-state index >= 15 is 0 Å². The van der Waals surface area contributed by atoms with Crippen molar-refractivity contribution in [3.05, 3.63) is 29.8 Å². The molecule has 2 aliphatic rings. The van der Waals surface area contributed by atoms with Gasteiger partial charge in [-0.2, -0.15) is 0 Å². The molecule has 2 fully saturated rings. The summed E-state index contributed by atoms with van der Waals surface area (Å²) in [5.74, 6) is 1.49. The Morgan fingerprint density at radius 3 is 2.74 bits per heavy atom. The number of hydrogen-bond acceptors (Lipinski definition) is 3. The summed E-state index contributed by atoms with van der Waals surface area (Å²) in [6.45, 7) is 3.97. The summed E-state index contributed by atoms with van der Waals surface area (Å²) in [5, 5.41) is 9.75. The van der Waals surface area contributed by atoms with Gasteiger partial charge in [-0.1, -0.05) is 25.5 Å². The molecule has 0 saturated heterocycles. The number of ether oxygens (including phenoxy) is 1. The van der Waals surface area contributed by atoms with Gasteiger partial charge in [-0.25, -0.2) is 0 Å². The summed E-state index contributed by atoms with van der Waals surface area (Å²) in [7, 11) is 1.80. The number of benzene rings is 1. The Hall–Kier alpha value is -2.24. The van der Waals surface area contributed by atoms with Crippen LogP contribution in [-0.4, -0.2) is 38.1 Å². The van der Waals surface area contributed by atoms with E-state index in [0.717, 1.165) is 30.9 Å². The minimum absolute atomic E-state index is 0.0496. The SMILES string of the molecule is CCC1(CNC(=NC)NCc2cccc(OCC(=O)NC3CC3)c2)CCC1. The molecule has 0 aromatic heterocycles. The first-order valence-electron chi connectivity index (χ1n) is 10.1. The van der Waals surface area contributed by atoms with E-state index < -0.39 is 0 Å². The van der Waals surface area contributed by atoms with Gasteiger partial charge in [-0.05, 0) is 55.2 Å². The van der Waals surface area contributed by atoms with Gasteiger partial charge in [-0.3, -0.25) is 9.79 Å². The molecule has 1 aromatic rings. The van der Waals surface area contributed by atoms with Gasteiger partial charge in [0.25, 0.3) is 5.91 Å². The van der Waals surface area contributed by atoms with Gasteiger partial charge in [0.2, 0.25) is 0 Å². The molecule has 0 atom stereocenters. The lowest BCUT2D eigenvalue weighted by Crippen LogP contribution is -2.46. The topological polar surface area (TPSA) is 74.8 Å². The van der Waals surface area contributed by atoms with E-state index in [0.29, 0.717) is 23.8 Å². The molecule has 27 heavy (non-hydrogen) atoms. The highest BCUT2D eigenvalue weighted by molar-refractivity contribution is 5.79. The normalized spacial score (nSPS) is 18.4. The number of carbonyl (C=O) groups excluding carboxylic acids is 1. The third-order valence-corrected chi connectivity index (χ3v) is 5.69. The Morgan fingerprint density at radius 2 is 2.11 bits per heavy atom. The summed E-state index contributed by atoms with van der Waals surface area (Å²) >= 11 is 0. The van der Waals surface area contributed by atoms with Crippen molar-refractivity contribution in [2.24, 2.45) is 10.4 Å². The van der Waals surface area contributed by atoms with Crippen molar-refractivity contribution in [3.8, 4) is 5.75 Å². The molecule has 0 spiro atoms. The molecule has 3 N–H and O–H groups in total. The Morgan fingerprint density at radius 1 is 1.30 bits per heavy atom. The molecule has 0 radical (unpaired) electrons. The first-order chi connectivity index (χ1) is 13.1. The summed E-state index contributed by atoms with van der Waals surface area (Å²) < 4.78 is 5.61. The van der Waals surface area contributed by atoms with Gasteiger partial charge in [-0.15, -0.1) is 0 Å². The maximum Gasteiger partial charge on any atom is 0.258 e. The van der Waals surface area contributed by atoms with Gasteiger partial charge < -0.3 is 20.7 Å². The fourth-order valence-corrected chi connectivity index (χ4v) is 3.40. The van der Waals surface area contributed by atoms with Gasteiger partial charge in [0.15, 0.2) is 12.6 Å². The average Bonchev–Trinajstić information content (AvgIpc) is 3.46. The fraction of sp³-hybridized carbons (Fsp3) is 0.619. The van der Waals surface area contributed by atoms with Crippen LogP contribution in [0.5, 0.6) is 5.75 Å². The number of hydrogen-bond donors (Lipinski definition) is 3. The van der Waals surface area contributed by atoms with E-state index in [1.807, 2.05) is 24.3 Å². The van der Waals surface area contributed by atoms with E-state index in [1.165, 1.54) is 25.7 Å². The van der Waals surface area contributed by atoms with E-state index in [1.54, 1.807) is 7.05 Å². The van der Waals surface area contributed by atoms with Crippen LogP contribution in [0, 0.1) is 5.41 Å². The zero-order valence-corrected chi connectivity index (χ0v) is 16.5. The van der Waals surface area contributed by atoms with Gasteiger partial charge in [0.05, 0.1) is 0 Å². The van der Waals surface area contributed by atoms with Crippen molar-refractivity contribution < 1.29 is 9.53 Å². The second kappa shape index (κ2) is 9.11. The molecule has 148 valence electrons. The van der Waals surface area contributed by atoms with E-state index in [2.05, 4.69) is 27.9 Å². The largest absolute Gasteiger partial charge is 0.484 e. The van der Waals surface area contributed by atoms with Crippen molar-refractivity contribution in [2.75, 3.05) is 20.2 Å². The average molecular weight is 373 g/mol. The van der Waals surface area contributed by atoms with Crippen molar-refractivity contribution in [3.63, 3.8) is 0 Å². The molecule has 0 unspecified atom stereocenters. The lowest BCUT2D eigenvalue weighted by molar-refractivity contribution is -0.123. The molecule has 0 heterocycles. The van der Waals surface area contributed by atoms with Crippen LogP contribution in [0.4, 0.5) is 0 Å². The summed E-state index contributed by atoms with van der Waals surface area (Å²) in [5.41, 5.74) is 1.54. The molecule has 0 aliphatic heterocycles. The third-order valence-electron chi connectivity index (χ3n) is 5.69. The Kier molecular flexibility index (Phi) is 6.58. The highest BCUT2D eigenvalue weighted by Gasteiger charge is 2.34. The van der Waals surface area contributed by atoms with Crippen LogP contribution in [0.1, 0.15) is 51.0 Å². The van der Waals surface area contributed by atoms with Crippen LogP contribution in [0.25, 0.3) is 0 Å². The monoisotopic (exact) mass is 372 g/mol. The number of amides is 1. The second-order valence-electron chi connectivity index (χ2n) is 7.76. The van der Waals surface area contributed by atoms with Crippen LogP contribution in [0.15, 0.2) is 29.3 Å². The Balaban J connectivity index is 1.43. The lowest BCUT2D eigenvalue weighted by Gasteiger charge is -2.41. The van der Waals surface area contributed by atoms with Gasteiger partial charge in [0.1, 0.15) is 5.75 Å². The standard InChI is InChI=1S/C21H32N4O2/c1-3-21(10-5-11-21)15-24-20(22-2)23-13-16-6-4-7-18(12-16)27-14-19(26)25-17-8-9-17/h4,6-7,12,17H,3,5,8-11,13-15H2,1-2H3,(H,25,26)(H2,22,23,24). The van der Waals surface area contributed by atoms with E-state index in [4.69, 9.17) is 4.74 Å². The summed E-state index contributed by atoms with van der Waals surface area (Å²) in [4.78, 5) is 16.1. The van der Waals surface area contributed by atoms with Crippen molar-refractivity contribution in [1.82, 2.24) is 16.0 Å². The van der Waals surface area contributed by atoms with Crippen molar-refractivity contribution in [2.45, 2.75) is 58.0 Å². The first-order valence-corrected chi connectivity index (χ1v) is 10.1. The number of nitrogens with one attached hydrogen (secondary N) is 3. The van der Waals surface area contributed by atoms with Crippen molar-refractivity contribution >= 4 is 11.9 Å². The maximum atomic E-state index is 11.7. The molecule has 6 heteroatoms. The predicted octanol–water partition coefficient (Wildman–Crippen LogP) is 2.59. The molecule has 6 nitrogen and oxygen atoms in total. The number of carbonyl (C=O) groups is 1. The second-order valence-corrected chi connectivity index (χ2v) is 7.76. The minimum atomic E-state index is -0.0496. The quantitative estimate of drug-likeness (QED) is 0.460. The summed E-state index contributed by atoms with van der Waals surface area (Å²) in [6.07, 6.45) is 7.34.